The van der Waals surface area contributed by atoms with Crippen LogP contribution in [0.5, 0.6) is 0 Å². The van der Waals surface area contributed by atoms with Crippen LogP contribution in [0.1, 0.15) is 25.7 Å². The summed E-state index contributed by atoms with van der Waals surface area (Å²) < 4.78 is 10.6. The minimum Gasteiger partial charge on any atom is -0.479 e. The van der Waals surface area contributed by atoms with Crippen molar-refractivity contribution < 1.29 is 19.4 Å². The number of aliphatic carboxylic acids is 1. The van der Waals surface area contributed by atoms with Crippen molar-refractivity contribution in [2.24, 2.45) is 0 Å². The van der Waals surface area contributed by atoms with Crippen molar-refractivity contribution in [1.29, 1.82) is 0 Å². The molecule has 2 atom stereocenters. The van der Waals surface area contributed by atoms with Gasteiger partial charge in [0.2, 0.25) is 0 Å². The van der Waals surface area contributed by atoms with Gasteiger partial charge >= 0.3 is 5.97 Å². The summed E-state index contributed by atoms with van der Waals surface area (Å²) in [5.74, 6) is -0.930. The van der Waals surface area contributed by atoms with Crippen LogP contribution in [0.25, 0.3) is 0 Å². The highest BCUT2D eigenvalue weighted by Crippen LogP contribution is 2.16. The zero-order chi connectivity index (χ0) is 11.4. The fourth-order valence-electron chi connectivity index (χ4n) is 2.21. The molecule has 2 aliphatic rings. The maximum absolute atomic E-state index is 10.6. The molecule has 1 N–H and O–H groups in total. The quantitative estimate of drug-likeness (QED) is 0.768. The molecule has 0 aromatic heterocycles. The Morgan fingerprint density at radius 1 is 1.31 bits per heavy atom. The lowest BCUT2D eigenvalue weighted by molar-refractivity contribution is -0.150. The van der Waals surface area contributed by atoms with Gasteiger partial charge in [-0.1, -0.05) is 6.42 Å². The number of nitrogens with zero attached hydrogens (tertiary/aromatic N) is 1. The van der Waals surface area contributed by atoms with Crippen molar-refractivity contribution >= 4 is 5.97 Å². The third kappa shape index (κ3) is 3.17. The molecule has 0 aromatic carbocycles. The van der Waals surface area contributed by atoms with Crippen LogP contribution in [0, 0.1) is 0 Å². The van der Waals surface area contributed by atoms with E-state index >= 15 is 0 Å². The predicted octanol–water partition coefficient (Wildman–Crippen LogP) is 0.688. The van der Waals surface area contributed by atoms with Crippen LogP contribution in [0.2, 0.25) is 0 Å². The highest BCUT2D eigenvalue weighted by molar-refractivity contribution is 5.72. The van der Waals surface area contributed by atoms with Crippen molar-refractivity contribution in [2.45, 2.75) is 38.1 Å². The summed E-state index contributed by atoms with van der Waals surface area (Å²) in [6.07, 6.45) is 3.53. The maximum Gasteiger partial charge on any atom is 0.335 e. The number of likely N-dealkylation sites (tertiary alicyclic amines) is 1. The Labute approximate surface area is 95.3 Å². The van der Waals surface area contributed by atoms with Gasteiger partial charge in [0.15, 0.2) is 12.4 Å². The van der Waals surface area contributed by atoms with Crippen LogP contribution < -0.4 is 0 Å². The molecular formula is C11H19NO4. The molecule has 0 bridgehead atoms. The number of ether oxygens (including phenoxy) is 2. The third-order valence-corrected chi connectivity index (χ3v) is 3.15. The summed E-state index contributed by atoms with van der Waals surface area (Å²) >= 11 is 0. The summed E-state index contributed by atoms with van der Waals surface area (Å²) in [5, 5.41) is 8.73. The molecule has 5 nitrogen and oxygen atoms in total. The Kier molecular flexibility index (Phi) is 4.15. The second-order valence-electron chi connectivity index (χ2n) is 4.42. The lowest BCUT2D eigenvalue weighted by atomic mass is 10.1. The number of piperidine rings is 1. The monoisotopic (exact) mass is 229 g/mol. The molecule has 2 fully saturated rings. The standard InChI is InChI=1S/C11H19NO4/c13-11(14)9-8-15-10(16-9)4-7-12-5-2-1-3-6-12/h9-10H,1-8H2,(H,13,14). The molecule has 0 radical (unpaired) electrons. The zero-order valence-corrected chi connectivity index (χ0v) is 9.43. The van der Waals surface area contributed by atoms with E-state index in [0.29, 0.717) is 0 Å². The second-order valence-corrected chi connectivity index (χ2v) is 4.42. The van der Waals surface area contributed by atoms with E-state index in [9.17, 15) is 4.79 Å². The Balaban J connectivity index is 1.65. The zero-order valence-electron chi connectivity index (χ0n) is 9.43. The summed E-state index contributed by atoms with van der Waals surface area (Å²) in [6.45, 7) is 3.42. The summed E-state index contributed by atoms with van der Waals surface area (Å²) in [4.78, 5) is 13.0. The molecule has 92 valence electrons. The van der Waals surface area contributed by atoms with E-state index < -0.39 is 12.1 Å². The molecule has 0 amide bonds. The normalized spacial score (nSPS) is 31.8. The van der Waals surface area contributed by atoms with E-state index in [-0.39, 0.29) is 12.9 Å². The van der Waals surface area contributed by atoms with Crippen LogP contribution in [0.15, 0.2) is 0 Å². The van der Waals surface area contributed by atoms with Crippen LogP contribution in [-0.2, 0) is 14.3 Å². The molecule has 16 heavy (non-hydrogen) atoms. The highest BCUT2D eigenvalue weighted by atomic mass is 16.7. The van der Waals surface area contributed by atoms with Gasteiger partial charge in [-0.3, -0.25) is 0 Å². The van der Waals surface area contributed by atoms with E-state index in [1.165, 1.54) is 19.3 Å². The van der Waals surface area contributed by atoms with Crippen LogP contribution in [0.4, 0.5) is 0 Å². The topological polar surface area (TPSA) is 59.0 Å². The first-order valence-corrected chi connectivity index (χ1v) is 5.98. The van der Waals surface area contributed by atoms with Gasteiger partial charge in [-0.05, 0) is 25.9 Å². The van der Waals surface area contributed by atoms with Crippen molar-refractivity contribution in [2.75, 3.05) is 26.2 Å². The highest BCUT2D eigenvalue weighted by Gasteiger charge is 2.31. The Morgan fingerprint density at radius 2 is 2.06 bits per heavy atom. The molecule has 0 aliphatic carbocycles. The number of carboxylic acid groups (broad SMARTS) is 1. The molecule has 2 aliphatic heterocycles. The number of carbonyl (C=O) groups is 1. The SMILES string of the molecule is O=C(O)C1COC(CCN2CCCCC2)O1. The molecule has 0 saturated carbocycles. The lowest BCUT2D eigenvalue weighted by Crippen LogP contribution is -2.32. The van der Waals surface area contributed by atoms with Gasteiger partial charge in [-0.15, -0.1) is 0 Å². The Bertz CT molecular complexity index is 240. The first kappa shape index (κ1) is 11.8. The van der Waals surface area contributed by atoms with Crippen molar-refractivity contribution in [3.8, 4) is 0 Å². The summed E-state index contributed by atoms with van der Waals surface area (Å²) in [7, 11) is 0. The Hall–Kier alpha value is -0.650. The van der Waals surface area contributed by atoms with Crippen LogP contribution in [-0.4, -0.2) is 54.6 Å². The fraction of sp³-hybridized carbons (Fsp3) is 0.909. The molecule has 2 rings (SSSR count). The number of carboxylic acids is 1. The maximum atomic E-state index is 10.6. The van der Waals surface area contributed by atoms with Gasteiger partial charge < -0.3 is 19.5 Å². The molecule has 0 spiro atoms. The average Bonchev–Trinajstić information content (AvgIpc) is 2.76. The first-order chi connectivity index (χ1) is 7.75. The lowest BCUT2D eigenvalue weighted by Gasteiger charge is -2.27. The summed E-state index contributed by atoms with van der Waals surface area (Å²) in [6, 6.07) is 0. The van der Waals surface area contributed by atoms with Crippen molar-refractivity contribution in [3.63, 3.8) is 0 Å². The van der Waals surface area contributed by atoms with Crippen molar-refractivity contribution in [1.82, 2.24) is 4.90 Å². The van der Waals surface area contributed by atoms with Gasteiger partial charge in [-0.2, -0.15) is 0 Å². The molecule has 2 unspecified atom stereocenters. The first-order valence-electron chi connectivity index (χ1n) is 5.98. The molecule has 0 aromatic rings. The number of hydrogen-bond donors (Lipinski definition) is 1. The largest absolute Gasteiger partial charge is 0.479 e. The smallest absolute Gasteiger partial charge is 0.335 e. The van der Waals surface area contributed by atoms with E-state index in [2.05, 4.69) is 4.90 Å². The number of hydrogen-bond acceptors (Lipinski definition) is 4. The molecule has 2 saturated heterocycles. The minimum absolute atomic E-state index is 0.181. The van der Waals surface area contributed by atoms with Gasteiger partial charge in [0.1, 0.15) is 0 Å². The van der Waals surface area contributed by atoms with Gasteiger partial charge in [-0.25, -0.2) is 4.79 Å². The van der Waals surface area contributed by atoms with E-state index in [4.69, 9.17) is 14.6 Å². The van der Waals surface area contributed by atoms with E-state index in [0.717, 1.165) is 26.1 Å². The molecule has 2 heterocycles. The predicted molar refractivity (Wildman–Crippen MR) is 57.2 cm³/mol. The average molecular weight is 229 g/mol. The Morgan fingerprint density at radius 3 is 2.69 bits per heavy atom. The van der Waals surface area contributed by atoms with E-state index in [1.807, 2.05) is 0 Å². The molecular weight excluding hydrogens is 210 g/mol. The van der Waals surface area contributed by atoms with Gasteiger partial charge in [0.25, 0.3) is 0 Å². The van der Waals surface area contributed by atoms with Gasteiger partial charge in [0.05, 0.1) is 6.61 Å². The second kappa shape index (κ2) is 5.61. The van der Waals surface area contributed by atoms with E-state index in [1.54, 1.807) is 0 Å². The fourth-order valence-corrected chi connectivity index (χ4v) is 2.21. The molecule has 5 heteroatoms. The minimum atomic E-state index is -0.930. The summed E-state index contributed by atoms with van der Waals surface area (Å²) in [5.41, 5.74) is 0. The van der Waals surface area contributed by atoms with Crippen LogP contribution in [0.3, 0.4) is 0 Å². The number of rotatable bonds is 4. The van der Waals surface area contributed by atoms with Crippen molar-refractivity contribution in [3.05, 3.63) is 0 Å². The third-order valence-electron chi connectivity index (χ3n) is 3.15. The van der Waals surface area contributed by atoms with Gasteiger partial charge in [0, 0.05) is 13.0 Å². The van der Waals surface area contributed by atoms with Crippen LogP contribution >= 0.6 is 0 Å².